The largest absolute Gasteiger partial charge is 0.356 e. The van der Waals surface area contributed by atoms with Crippen molar-refractivity contribution in [3.8, 4) is 0 Å². The van der Waals surface area contributed by atoms with E-state index in [0.29, 0.717) is 5.52 Å². The predicted octanol–water partition coefficient (Wildman–Crippen LogP) is 4.71. The minimum Gasteiger partial charge on any atom is -0.356 e. The Morgan fingerprint density at radius 2 is 2.10 bits per heavy atom. The first-order valence-corrected chi connectivity index (χ1v) is 10.0. The highest BCUT2D eigenvalue weighted by Crippen LogP contribution is 2.33. The average Bonchev–Trinajstić information content (AvgIpc) is 3.39. The van der Waals surface area contributed by atoms with Gasteiger partial charge < -0.3 is 14.9 Å². The number of nitrogens with zero attached hydrogens (tertiary/aromatic N) is 2. The number of imidazole rings is 1. The summed E-state index contributed by atoms with van der Waals surface area (Å²) in [6, 6.07) is 11.1. The standard InChI is InChI=1S/C23H23FN4O/c1-13-8-9-18-19(11-13)27-23(26-18)20-7-4-10-28(20)21(29)12-16-14(2)25-22-15(16)5-3-6-17(22)24/h3,5-6,8-9,11,20,25H,4,7,10,12H2,1-2H3,(H,26,27). The highest BCUT2D eigenvalue weighted by Gasteiger charge is 2.32. The second kappa shape index (κ2) is 6.72. The lowest BCUT2D eigenvalue weighted by atomic mass is 10.1. The lowest BCUT2D eigenvalue weighted by Crippen LogP contribution is -2.32. The Hall–Kier alpha value is -3.15. The van der Waals surface area contributed by atoms with E-state index in [9.17, 15) is 9.18 Å². The molecule has 2 aromatic carbocycles. The van der Waals surface area contributed by atoms with Gasteiger partial charge in [0.1, 0.15) is 11.6 Å². The van der Waals surface area contributed by atoms with Crippen LogP contribution in [0.15, 0.2) is 36.4 Å². The summed E-state index contributed by atoms with van der Waals surface area (Å²) in [5, 5.41) is 0.783. The summed E-state index contributed by atoms with van der Waals surface area (Å²) in [6.07, 6.45) is 2.10. The fourth-order valence-electron chi connectivity index (χ4n) is 4.50. The zero-order chi connectivity index (χ0) is 20.1. The minimum absolute atomic E-state index is 0.0440. The van der Waals surface area contributed by atoms with Crippen molar-refractivity contribution in [1.82, 2.24) is 19.9 Å². The number of aromatic nitrogens is 3. The monoisotopic (exact) mass is 390 g/mol. The first kappa shape index (κ1) is 17.9. The first-order chi connectivity index (χ1) is 14.0. The lowest BCUT2D eigenvalue weighted by Gasteiger charge is -2.23. The number of H-pyrrole nitrogens is 2. The molecule has 1 atom stereocenters. The minimum atomic E-state index is -0.291. The molecule has 29 heavy (non-hydrogen) atoms. The van der Waals surface area contributed by atoms with Crippen LogP contribution in [-0.2, 0) is 11.2 Å². The molecular formula is C23H23FN4O. The number of benzene rings is 2. The maximum atomic E-state index is 14.1. The molecule has 6 heteroatoms. The Balaban J connectivity index is 1.44. The van der Waals surface area contributed by atoms with Gasteiger partial charge in [-0.05, 0) is 56.0 Å². The number of carbonyl (C=O) groups excluding carboxylic acids is 1. The van der Waals surface area contributed by atoms with Gasteiger partial charge in [0.25, 0.3) is 0 Å². The van der Waals surface area contributed by atoms with Crippen LogP contribution in [-0.4, -0.2) is 32.3 Å². The number of nitrogens with one attached hydrogen (secondary N) is 2. The van der Waals surface area contributed by atoms with Crippen molar-refractivity contribution >= 4 is 27.8 Å². The number of hydrogen-bond donors (Lipinski definition) is 2. The molecule has 5 rings (SSSR count). The van der Waals surface area contributed by atoms with E-state index in [4.69, 9.17) is 4.98 Å². The predicted molar refractivity (Wildman–Crippen MR) is 111 cm³/mol. The van der Waals surface area contributed by atoms with Gasteiger partial charge in [-0.2, -0.15) is 0 Å². The molecule has 0 bridgehead atoms. The van der Waals surface area contributed by atoms with Crippen molar-refractivity contribution in [2.75, 3.05) is 6.54 Å². The van der Waals surface area contributed by atoms with E-state index in [2.05, 4.69) is 23.0 Å². The zero-order valence-electron chi connectivity index (χ0n) is 16.6. The van der Waals surface area contributed by atoms with Crippen molar-refractivity contribution in [2.45, 2.75) is 39.2 Å². The van der Waals surface area contributed by atoms with E-state index in [1.807, 2.05) is 30.0 Å². The molecule has 1 amide bonds. The maximum Gasteiger partial charge on any atom is 0.227 e. The summed E-state index contributed by atoms with van der Waals surface area (Å²) in [5.41, 5.74) is 5.28. The van der Waals surface area contributed by atoms with Crippen LogP contribution in [0.25, 0.3) is 21.9 Å². The van der Waals surface area contributed by atoms with Crippen LogP contribution in [0.4, 0.5) is 4.39 Å². The molecule has 1 aliphatic rings. The molecule has 0 aliphatic carbocycles. The fraction of sp³-hybridized carbons (Fsp3) is 0.304. The molecule has 3 heterocycles. The third-order valence-electron chi connectivity index (χ3n) is 5.98. The third kappa shape index (κ3) is 2.99. The summed E-state index contributed by atoms with van der Waals surface area (Å²) < 4.78 is 14.1. The number of carbonyl (C=O) groups is 1. The van der Waals surface area contributed by atoms with E-state index >= 15 is 0 Å². The topological polar surface area (TPSA) is 64.8 Å². The zero-order valence-corrected chi connectivity index (χ0v) is 16.6. The van der Waals surface area contributed by atoms with Crippen molar-refractivity contribution in [3.05, 3.63) is 64.9 Å². The molecule has 5 nitrogen and oxygen atoms in total. The van der Waals surface area contributed by atoms with Gasteiger partial charge in [-0.15, -0.1) is 0 Å². The smallest absolute Gasteiger partial charge is 0.227 e. The van der Waals surface area contributed by atoms with E-state index in [-0.39, 0.29) is 24.2 Å². The van der Waals surface area contributed by atoms with Crippen molar-refractivity contribution < 1.29 is 9.18 Å². The molecular weight excluding hydrogens is 367 g/mol. The Morgan fingerprint density at radius 3 is 2.97 bits per heavy atom. The second-order valence-electron chi connectivity index (χ2n) is 7.96. The molecule has 2 N–H and O–H groups in total. The van der Waals surface area contributed by atoms with Crippen LogP contribution in [0.3, 0.4) is 0 Å². The lowest BCUT2D eigenvalue weighted by molar-refractivity contribution is -0.131. The van der Waals surface area contributed by atoms with Gasteiger partial charge in [-0.3, -0.25) is 4.79 Å². The van der Waals surface area contributed by atoms with Gasteiger partial charge in [0.2, 0.25) is 5.91 Å². The average molecular weight is 390 g/mol. The van der Waals surface area contributed by atoms with Crippen LogP contribution in [0, 0.1) is 19.7 Å². The molecule has 1 fully saturated rings. The van der Waals surface area contributed by atoms with E-state index in [1.165, 1.54) is 11.6 Å². The summed E-state index contributed by atoms with van der Waals surface area (Å²) in [7, 11) is 0. The molecule has 1 aliphatic heterocycles. The number of hydrogen-bond acceptors (Lipinski definition) is 2. The van der Waals surface area contributed by atoms with Crippen molar-refractivity contribution in [3.63, 3.8) is 0 Å². The van der Waals surface area contributed by atoms with Crippen molar-refractivity contribution in [2.24, 2.45) is 0 Å². The number of aryl methyl sites for hydroxylation is 2. The van der Waals surface area contributed by atoms with Gasteiger partial charge in [-0.25, -0.2) is 9.37 Å². The molecule has 2 aromatic heterocycles. The van der Waals surface area contributed by atoms with Crippen LogP contribution in [0.1, 0.15) is 41.5 Å². The molecule has 0 spiro atoms. The first-order valence-electron chi connectivity index (χ1n) is 10.0. The third-order valence-corrected chi connectivity index (χ3v) is 5.98. The number of aromatic amines is 2. The van der Waals surface area contributed by atoms with Gasteiger partial charge >= 0.3 is 0 Å². The van der Waals surface area contributed by atoms with E-state index < -0.39 is 0 Å². The maximum absolute atomic E-state index is 14.1. The van der Waals surface area contributed by atoms with E-state index in [0.717, 1.165) is 52.9 Å². The van der Waals surface area contributed by atoms with Crippen LogP contribution in [0.2, 0.25) is 0 Å². The van der Waals surface area contributed by atoms with Gasteiger partial charge in [-0.1, -0.05) is 18.2 Å². The second-order valence-corrected chi connectivity index (χ2v) is 7.96. The number of likely N-dealkylation sites (tertiary alicyclic amines) is 1. The summed E-state index contributed by atoms with van der Waals surface area (Å²) in [4.78, 5) is 26.4. The van der Waals surface area contributed by atoms with Crippen LogP contribution >= 0.6 is 0 Å². The number of para-hydroxylation sites is 1. The Morgan fingerprint density at radius 1 is 1.24 bits per heavy atom. The van der Waals surface area contributed by atoms with Gasteiger partial charge in [0, 0.05) is 17.6 Å². The fourth-order valence-corrected chi connectivity index (χ4v) is 4.50. The Bertz CT molecular complexity index is 1240. The summed E-state index contributed by atoms with van der Waals surface area (Å²) in [5.74, 6) is 0.608. The number of halogens is 1. The SMILES string of the molecule is Cc1ccc2nc(C3CCCN3C(=O)Cc3c(C)[nH]c4c(F)cccc34)[nH]c2c1. The van der Waals surface area contributed by atoms with Gasteiger partial charge in [0.05, 0.1) is 29.0 Å². The van der Waals surface area contributed by atoms with Crippen LogP contribution < -0.4 is 0 Å². The molecule has 1 saturated heterocycles. The summed E-state index contributed by atoms with van der Waals surface area (Å²) >= 11 is 0. The van der Waals surface area contributed by atoms with Gasteiger partial charge in [0.15, 0.2) is 0 Å². The number of fused-ring (bicyclic) bond motifs is 2. The quantitative estimate of drug-likeness (QED) is 0.532. The molecule has 148 valence electrons. The van der Waals surface area contributed by atoms with Crippen LogP contribution in [0.5, 0.6) is 0 Å². The Kier molecular flexibility index (Phi) is 4.15. The molecule has 0 radical (unpaired) electrons. The molecule has 0 saturated carbocycles. The summed E-state index contributed by atoms with van der Waals surface area (Å²) in [6.45, 7) is 4.66. The normalized spacial score (nSPS) is 16.9. The highest BCUT2D eigenvalue weighted by atomic mass is 19.1. The molecule has 1 unspecified atom stereocenters. The number of amides is 1. The van der Waals surface area contributed by atoms with E-state index in [1.54, 1.807) is 6.07 Å². The highest BCUT2D eigenvalue weighted by molar-refractivity contribution is 5.90. The number of rotatable bonds is 3. The molecule has 4 aromatic rings. The Labute approximate surface area is 167 Å². The van der Waals surface area contributed by atoms with Crippen molar-refractivity contribution in [1.29, 1.82) is 0 Å².